The Morgan fingerprint density at radius 2 is 2.06 bits per heavy atom. The van der Waals surface area contributed by atoms with E-state index in [-0.39, 0.29) is 23.4 Å². The average molecular weight is 452 g/mol. The zero-order valence-electron chi connectivity index (χ0n) is 17.7. The van der Waals surface area contributed by atoms with Gasteiger partial charge in [0.1, 0.15) is 24.6 Å². The molecule has 1 aliphatic heterocycles. The van der Waals surface area contributed by atoms with Crippen LogP contribution in [0.3, 0.4) is 0 Å². The summed E-state index contributed by atoms with van der Waals surface area (Å²) < 4.78 is 6.85. The van der Waals surface area contributed by atoms with Crippen LogP contribution >= 0.6 is 0 Å². The van der Waals surface area contributed by atoms with E-state index in [9.17, 15) is 30.3 Å². The van der Waals surface area contributed by atoms with E-state index in [1.165, 1.54) is 17.8 Å². The SMILES string of the molecule is C=C(C)CC(O)(Nc1ncnc2c1ncn2[C@@H]1O[C@H](CO)[C@@H](O)[C@H]1O)C(=O)[C@@H](N)[C@@H](C)O. The highest BCUT2D eigenvalue weighted by molar-refractivity contribution is 5.96. The second kappa shape index (κ2) is 9.15. The molecular formula is C19H28N6O7. The molecule has 2 aromatic rings. The number of hydrogen-bond acceptors (Lipinski definition) is 12. The quantitative estimate of drug-likeness (QED) is 0.159. The number of nitrogens with zero attached hydrogens (tertiary/aromatic N) is 4. The van der Waals surface area contributed by atoms with Gasteiger partial charge in [0, 0.05) is 6.42 Å². The zero-order chi connectivity index (χ0) is 23.8. The predicted octanol–water partition coefficient (Wildman–Crippen LogP) is -2.22. The number of rotatable bonds is 9. The van der Waals surface area contributed by atoms with Crippen LogP contribution in [-0.2, 0) is 9.53 Å². The third kappa shape index (κ3) is 4.36. The van der Waals surface area contributed by atoms with Crippen molar-refractivity contribution in [3.05, 3.63) is 24.8 Å². The first kappa shape index (κ1) is 24.1. The number of hydrogen-bond donors (Lipinski definition) is 7. The number of Topliss-reactive ketones (excluding diaryl/α,β-unsaturated/α-hetero) is 1. The number of aliphatic hydroxyl groups excluding tert-OH is 4. The molecular weight excluding hydrogens is 424 g/mol. The number of carbonyl (C=O) groups excluding carboxylic acids is 1. The number of ketones is 1. The second-order valence-electron chi connectivity index (χ2n) is 8.02. The topological polar surface area (TPSA) is 209 Å². The minimum absolute atomic E-state index is 0.0182. The first-order valence-corrected chi connectivity index (χ1v) is 9.93. The van der Waals surface area contributed by atoms with Crippen LogP contribution in [0, 0.1) is 0 Å². The van der Waals surface area contributed by atoms with Crippen LogP contribution in [0.25, 0.3) is 11.2 Å². The molecule has 3 heterocycles. The maximum absolute atomic E-state index is 12.8. The van der Waals surface area contributed by atoms with Crippen LogP contribution in [0.4, 0.5) is 5.82 Å². The summed E-state index contributed by atoms with van der Waals surface area (Å²) in [6.07, 6.45) is -3.76. The van der Waals surface area contributed by atoms with Gasteiger partial charge < -0.3 is 41.3 Å². The van der Waals surface area contributed by atoms with Crippen molar-refractivity contribution in [1.29, 1.82) is 0 Å². The Morgan fingerprint density at radius 3 is 2.62 bits per heavy atom. The molecule has 1 fully saturated rings. The minimum atomic E-state index is -2.24. The summed E-state index contributed by atoms with van der Waals surface area (Å²) in [5.41, 5.74) is 4.28. The number of anilines is 1. The van der Waals surface area contributed by atoms with Crippen molar-refractivity contribution in [2.24, 2.45) is 5.73 Å². The maximum atomic E-state index is 12.8. The number of nitrogens with one attached hydrogen (secondary N) is 1. The molecule has 1 aliphatic rings. The Bertz CT molecular complexity index is 998. The third-order valence-corrected chi connectivity index (χ3v) is 5.26. The van der Waals surface area contributed by atoms with E-state index in [0.29, 0.717) is 5.57 Å². The first-order chi connectivity index (χ1) is 15.0. The molecule has 1 unspecified atom stereocenters. The number of imidazole rings is 1. The fraction of sp³-hybridized carbons (Fsp3) is 0.579. The van der Waals surface area contributed by atoms with Crippen molar-refractivity contribution >= 4 is 22.8 Å². The largest absolute Gasteiger partial charge is 0.394 e. The second-order valence-corrected chi connectivity index (χ2v) is 8.02. The number of carbonyl (C=O) groups is 1. The standard InChI is InChI=1S/C19H28N6O7/c1-8(2)4-19(31,15(30)11(20)9(3)27)24-16-12-17(22-6-21-16)25(7-23-12)18-14(29)13(28)10(5-26)32-18/h6-7,9-11,13-14,18,26-29,31H,1,4-5,20H2,2-3H3,(H,21,22,24)/t9-,10-,11+,13-,14-,18-,19?/m1/s1. The summed E-state index contributed by atoms with van der Waals surface area (Å²) in [5.74, 6) is -0.888. The van der Waals surface area contributed by atoms with E-state index in [1.807, 2.05) is 0 Å². The summed E-state index contributed by atoms with van der Waals surface area (Å²) in [5, 5.41) is 53.1. The van der Waals surface area contributed by atoms with Crippen LogP contribution in [0.5, 0.6) is 0 Å². The molecule has 0 spiro atoms. The van der Waals surface area contributed by atoms with Crippen molar-refractivity contribution < 1.29 is 35.1 Å². The lowest BCUT2D eigenvalue weighted by molar-refractivity contribution is -0.138. The van der Waals surface area contributed by atoms with Crippen molar-refractivity contribution in [3.63, 3.8) is 0 Å². The molecule has 1 saturated heterocycles. The summed E-state index contributed by atoms with van der Waals surface area (Å²) >= 11 is 0. The van der Waals surface area contributed by atoms with Crippen LogP contribution in [0.15, 0.2) is 24.8 Å². The van der Waals surface area contributed by atoms with E-state index >= 15 is 0 Å². The Hall–Kier alpha value is -2.52. The fourth-order valence-electron chi connectivity index (χ4n) is 3.56. The highest BCUT2D eigenvalue weighted by Gasteiger charge is 2.45. The lowest BCUT2D eigenvalue weighted by atomic mass is 9.93. The molecule has 7 atom stereocenters. The van der Waals surface area contributed by atoms with Gasteiger partial charge in [0.25, 0.3) is 0 Å². The van der Waals surface area contributed by atoms with E-state index in [1.54, 1.807) is 6.92 Å². The third-order valence-electron chi connectivity index (χ3n) is 5.26. The molecule has 0 aliphatic carbocycles. The molecule has 0 aromatic carbocycles. The average Bonchev–Trinajstić information content (AvgIpc) is 3.28. The molecule has 2 aromatic heterocycles. The molecule has 32 heavy (non-hydrogen) atoms. The first-order valence-electron chi connectivity index (χ1n) is 9.93. The van der Waals surface area contributed by atoms with Gasteiger partial charge in [0.05, 0.1) is 25.1 Å². The van der Waals surface area contributed by atoms with E-state index in [4.69, 9.17) is 10.5 Å². The monoisotopic (exact) mass is 452 g/mol. The van der Waals surface area contributed by atoms with Gasteiger partial charge in [-0.1, -0.05) is 12.2 Å². The molecule has 0 bridgehead atoms. The number of fused-ring (bicyclic) bond motifs is 1. The number of nitrogens with two attached hydrogens (primary N) is 1. The van der Waals surface area contributed by atoms with Gasteiger partial charge in [-0.25, -0.2) is 15.0 Å². The molecule has 0 amide bonds. The summed E-state index contributed by atoms with van der Waals surface area (Å²) in [7, 11) is 0. The van der Waals surface area contributed by atoms with E-state index < -0.39 is 54.8 Å². The van der Waals surface area contributed by atoms with Crippen LogP contribution < -0.4 is 11.1 Å². The summed E-state index contributed by atoms with van der Waals surface area (Å²) in [6.45, 7) is 6.16. The number of aromatic nitrogens is 4. The highest BCUT2D eigenvalue weighted by atomic mass is 16.6. The lowest BCUT2D eigenvalue weighted by Gasteiger charge is -2.31. The van der Waals surface area contributed by atoms with Crippen molar-refractivity contribution in [2.45, 2.75) is 62.7 Å². The van der Waals surface area contributed by atoms with Gasteiger partial charge in [-0.05, 0) is 13.8 Å². The lowest BCUT2D eigenvalue weighted by Crippen LogP contribution is -2.57. The van der Waals surface area contributed by atoms with Crippen molar-refractivity contribution in [1.82, 2.24) is 19.5 Å². The zero-order valence-corrected chi connectivity index (χ0v) is 17.7. The molecule has 3 rings (SSSR count). The molecule has 8 N–H and O–H groups in total. The van der Waals surface area contributed by atoms with Gasteiger partial charge in [0.2, 0.25) is 11.5 Å². The maximum Gasteiger partial charge on any atom is 0.204 e. The molecule has 13 nitrogen and oxygen atoms in total. The Balaban J connectivity index is 1.99. The van der Waals surface area contributed by atoms with Crippen LogP contribution in [-0.4, -0.2) is 93.6 Å². The van der Waals surface area contributed by atoms with Crippen molar-refractivity contribution in [3.8, 4) is 0 Å². The molecule has 0 radical (unpaired) electrons. The normalized spacial score (nSPS) is 27.1. The molecule has 13 heteroatoms. The van der Waals surface area contributed by atoms with Gasteiger partial charge >= 0.3 is 0 Å². The van der Waals surface area contributed by atoms with Crippen molar-refractivity contribution in [2.75, 3.05) is 11.9 Å². The van der Waals surface area contributed by atoms with Crippen LogP contribution in [0.2, 0.25) is 0 Å². The van der Waals surface area contributed by atoms with Crippen LogP contribution in [0.1, 0.15) is 26.5 Å². The van der Waals surface area contributed by atoms with Gasteiger partial charge in [0.15, 0.2) is 23.2 Å². The van der Waals surface area contributed by atoms with Gasteiger partial charge in [-0.2, -0.15) is 0 Å². The summed E-state index contributed by atoms with van der Waals surface area (Å²) in [6, 6.07) is -1.37. The Kier molecular flexibility index (Phi) is 6.90. The van der Waals surface area contributed by atoms with E-state index in [0.717, 1.165) is 6.33 Å². The minimum Gasteiger partial charge on any atom is -0.394 e. The van der Waals surface area contributed by atoms with E-state index in [2.05, 4.69) is 26.8 Å². The van der Waals surface area contributed by atoms with Gasteiger partial charge in [-0.3, -0.25) is 9.36 Å². The smallest absolute Gasteiger partial charge is 0.204 e. The highest BCUT2D eigenvalue weighted by Crippen LogP contribution is 2.33. The molecule has 176 valence electrons. The fourth-order valence-corrected chi connectivity index (χ4v) is 3.56. The Labute approximate surface area is 183 Å². The number of ether oxygens (including phenoxy) is 1. The van der Waals surface area contributed by atoms with Gasteiger partial charge in [-0.15, -0.1) is 0 Å². The molecule has 0 saturated carbocycles. The Morgan fingerprint density at radius 1 is 1.38 bits per heavy atom. The predicted molar refractivity (Wildman–Crippen MR) is 111 cm³/mol. The summed E-state index contributed by atoms with van der Waals surface area (Å²) in [4.78, 5) is 25.2. The number of aliphatic hydroxyl groups is 5.